The molecule has 0 radical (unpaired) electrons. The van der Waals surface area contributed by atoms with E-state index in [1.807, 2.05) is 12.3 Å². The highest BCUT2D eigenvalue weighted by Gasteiger charge is 2.15. The van der Waals surface area contributed by atoms with Crippen LogP contribution in [0.5, 0.6) is 0 Å². The number of hydrogen-bond donors (Lipinski definition) is 0. The van der Waals surface area contributed by atoms with E-state index in [1.54, 1.807) is 7.11 Å². The van der Waals surface area contributed by atoms with Gasteiger partial charge in [-0.25, -0.2) is 0 Å². The molecule has 0 atom stereocenters. The Balaban J connectivity index is 2.26. The molecule has 2 heterocycles. The van der Waals surface area contributed by atoms with Crippen LogP contribution in [0.15, 0.2) is 43.5 Å². The van der Waals surface area contributed by atoms with Crippen LogP contribution in [0.1, 0.15) is 5.69 Å². The normalized spacial score (nSPS) is 14.7. The Bertz CT molecular complexity index is 728. The van der Waals surface area contributed by atoms with Crippen LogP contribution in [0.25, 0.3) is 17.1 Å². The van der Waals surface area contributed by atoms with E-state index in [0.29, 0.717) is 0 Å². The smallest absolute Gasteiger partial charge is 0.130 e. The van der Waals surface area contributed by atoms with Gasteiger partial charge >= 0.3 is 0 Å². The van der Waals surface area contributed by atoms with Crippen LogP contribution in [0.4, 0.5) is 0 Å². The predicted molar refractivity (Wildman–Crippen MR) is 89.3 cm³/mol. The van der Waals surface area contributed by atoms with E-state index >= 15 is 0 Å². The Hall–Kier alpha value is -0.520. The van der Waals surface area contributed by atoms with Crippen molar-refractivity contribution in [1.82, 2.24) is 4.57 Å². The van der Waals surface area contributed by atoms with Gasteiger partial charge in [0.05, 0.1) is 12.6 Å². The lowest BCUT2D eigenvalue weighted by Crippen LogP contribution is -1.93. The number of fused-ring (bicyclic) bond motifs is 3. The highest BCUT2D eigenvalue weighted by molar-refractivity contribution is 9.11. The summed E-state index contributed by atoms with van der Waals surface area (Å²) in [7, 11) is 1.69. The molecule has 2 nitrogen and oxygen atoms in total. The first-order valence-electron chi connectivity index (χ1n) is 5.70. The summed E-state index contributed by atoms with van der Waals surface area (Å²) in [6.07, 6.45) is 4.84. The highest BCUT2D eigenvalue weighted by atomic mass is 79.9. The molecule has 0 saturated heterocycles. The van der Waals surface area contributed by atoms with Gasteiger partial charge in [0.25, 0.3) is 0 Å². The Kier molecular flexibility index (Phi) is 3.62. The van der Waals surface area contributed by atoms with Crippen molar-refractivity contribution in [3.05, 3.63) is 49.2 Å². The third kappa shape index (κ3) is 2.32. The molecule has 1 aliphatic rings. The summed E-state index contributed by atoms with van der Waals surface area (Å²) < 4.78 is 10.8. The molecule has 0 N–H and O–H groups in total. The van der Waals surface area contributed by atoms with E-state index in [0.717, 1.165) is 25.6 Å². The summed E-state index contributed by atoms with van der Waals surface area (Å²) >= 11 is 10.8. The largest absolute Gasteiger partial charge is 0.496 e. The zero-order chi connectivity index (χ0) is 13.6. The van der Waals surface area contributed by atoms with Crippen LogP contribution < -0.4 is 0 Å². The molecule has 5 heteroatoms. The first-order chi connectivity index (χ1) is 9.10. The Morgan fingerprint density at radius 1 is 1.16 bits per heavy atom. The SMILES string of the molecule is COC1=C(Br)Cc2cc3cc(Br)cc(Br)c3n2C=C1. The van der Waals surface area contributed by atoms with Crippen molar-refractivity contribution in [3.8, 4) is 0 Å². The van der Waals surface area contributed by atoms with Gasteiger partial charge in [-0.05, 0) is 40.2 Å². The maximum absolute atomic E-state index is 5.36. The Morgan fingerprint density at radius 3 is 2.68 bits per heavy atom. The van der Waals surface area contributed by atoms with E-state index in [1.165, 1.54) is 16.6 Å². The van der Waals surface area contributed by atoms with Gasteiger partial charge in [-0.3, -0.25) is 0 Å². The average Bonchev–Trinajstić information content (AvgIpc) is 2.59. The molecule has 1 aromatic heterocycles. The second-order valence-corrected chi connectivity index (χ2v) is 7.02. The maximum atomic E-state index is 5.36. The highest BCUT2D eigenvalue weighted by Crippen LogP contribution is 2.34. The number of halogens is 3. The molecule has 3 rings (SSSR count). The van der Waals surface area contributed by atoms with Crippen LogP contribution in [-0.4, -0.2) is 11.7 Å². The average molecular weight is 448 g/mol. The minimum absolute atomic E-state index is 0.814. The number of rotatable bonds is 1. The summed E-state index contributed by atoms with van der Waals surface area (Å²) in [6.45, 7) is 0. The lowest BCUT2D eigenvalue weighted by atomic mass is 10.2. The van der Waals surface area contributed by atoms with Crippen molar-refractivity contribution in [3.63, 3.8) is 0 Å². The summed E-state index contributed by atoms with van der Waals surface area (Å²) in [5.74, 6) is 0.866. The van der Waals surface area contributed by atoms with Crippen molar-refractivity contribution in [2.45, 2.75) is 6.42 Å². The van der Waals surface area contributed by atoms with Crippen LogP contribution in [-0.2, 0) is 11.2 Å². The van der Waals surface area contributed by atoms with Gasteiger partial charge in [0.15, 0.2) is 0 Å². The molecule has 0 saturated carbocycles. The number of hydrogen-bond acceptors (Lipinski definition) is 1. The topological polar surface area (TPSA) is 14.2 Å². The lowest BCUT2D eigenvalue weighted by molar-refractivity contribution is 0.305. The van der Waals surface area contributed by atoms with Gasteiger partial charge in [0.1, 0.15) is 5.76 Å². The van der Waals surface area contributed by atoms with Gasteiger partial charge in [0.2, 0.25) is 0 Å². The quantitative estimate of drug-likeness (QED) is 0.567. The zero-order valence-corrected chi connectivity index (χ0v) is 14.8. The van der Waals surface area contributed by atoms with E-state index in [-0.39, 0.29) is 0 Å². The van der Waals surface area contributed by atoms with Crippen molar-refractivity contribution in [2.24, 2.45) is 0 Å². The molecular formula is C14H10Br3NO. The minimum atomic E-state index is 0.814. The fourth-order valence-electron chi connectivity index (χ4n) is 2.31. The second-order valence-electron chi connectivity index (χ2n) is 4.30. The van der Waals surface area contributed by atoms with E-state index in [4.69, 9.17) is 4.74 Å². The molecule has 0 fully saturated rings. The number of benzene rings is 1. The number of ether oxygens (including phenoxy) is 1. The van der Waals surface area contributed by atoms with Crippen molar-refractivity contribution >= 4 is 64.9 Å². The summed E-state index contributed by atoms with van der Waals surface area (Å²) in [5, 5.41) is 1.21. The number of aromatic nitrogens is 1. The molecule has 1 aliphatic heterocycles. The van der Waals surface area contributed by atoms with E-state index in [2.05, 4.69) is 70.6 Å². The van der Waals surface area contributed by atoms with Crippen LogP contribution >= 0.6 is 47.8 Å². The molecule has 1 aromatic carbocycles. The van der Waals surface area contributed by atoms with Gasteiger partial charge in [-0.1, -0.05) is 31.9 Å². The fraction of sp³-hybridized carbons (Fsp3) is 0.143. The van der Waals surface area contributed by atoms with Crippen LogP contribution in [0, 0.1) is 0 Å². The third-order valence-electron chi connectivity index (χ3n) is 3.13. The van der Waals surface area contributed by atoms with Gasteiger partial charge < -0.3 is 9.30 Å². The summed E-state index contributed by atoms with van der Waals surface area (Å²) in [5.41, 5.74) is 2.40. The van der Waals surface area contributed by atoms with Crippen molar-refractivity contribution in [2.75, 3.05) is 7.11 Å². The van der Waals surface area contributed by atoms with E-state index in [9.17, 15) is 0 Å². The summed E-state index contributed by atoms with van der Waals surface area (Å²) in [6, 6.07) is 6.40. The van der Waals surface area contributed by atoms with E-state index < -0.39 is 0 Å². The second kappa shape index (κ2) is 5.11. The molecule has 0 unspecified atom stereocenters. The number of methoxy groups -OCH3 is 1. The Labute approximate surface area is 136 Å². The molecule has 98 valence electrons. The predicted octanol–water partition coefficient (Wildman–Crippen LogP) is 5.45. The number of allylic oxidation sites excluding steroid dienone is 2. The lowest BCUT2D eigenvalue weighted by Gasteiger charge is -2.04. The van der Waals surface area contributed by atoms with Crippen molar-refractivity contribution in [1.29, 1.82) is 0 Å². The summed E-state index contributed by atoms with van der Waals surface area (Å²) in [4.78, 5) is 0. The number of nitrogens with zero attached hydrogens (tertiary/aromatic N) is 1. The van der Waals surface area contributed by atoms with Crippen LogP contribution in [0.3, 0.4) is 0 Å². The molecule has 0 aliphatic carbocycles. The first-order valence-corrected chi connectivity index (χ1v) is 8.07. The molecular weight excluding hydrogens is 438 g/mol. The van der Waals surface area contributed by atoms with Gasteiger partial charge in [-0.15, -0.1) is 0 Å². The standard InChI is InChI=1S/C14H10Br3NO/c1-19-13-2-3-18-10(7-11(13)16)5-8-4-9(15)6-12(17)14(8)18/h2-6H,7H2,1H3. The monoisotopic (exact) mass is 445 g/mol. The first kappa shape index (κ1) is 13.5. The minimum Gasteiger partial charge on any atom is -0.496 e. The van der Waals surface area contributed by atoms with Crippen molar-refractivity contribution < 1.29 is 4.74 Å². The molecule has 0 bridgehead atoms. The third-order valence-corrected chi connectivity index (χ3v) is 4.86. The fourth-order valence-corrected chi connectivity index (χ4v) is 4.34. The zero-order valence-electron chi connectivity index (χ0n) is 10.1. The Morgan fingerprint density at radius 2 is 1.95 bits per heavy atom. The van der Waals surface area contributed by atoms with Crippen LogP contribution in [0.2, 0.25) is 0 Å². The molecule has 0 spiro atoms. The van der Waals surface area contributed by atoms with Gasteiger partial charge in [-0.2, -0.15) is 0 Å². The molecule has 19 heavy (non-hydrogen) atoms. The molecule has 2 aromatic rings. The maximum Gasteiger partial charge on any atom is 0.130 e. The molecule has 0 amide bonds. The van der Waals surface area contributed by atoms with Gasteiger partial charge in [0, 0.05) is 37.1 Å².